The van der Waals surface area contributed by atoms with E-state index in [0.29, 0.717) is 13.2 Å². The molecular weight excluding hydrogens is 250 g/mol. The number of ether oxygens (including phenoxy) is 1. The third-order valence-electron chi connectivity index (χ3n) is 2.53. The number of hydrogen-bond donors (Lipinski definition) is 0. The van der Waals surface area contributed by atoms with Gasteiger partial charge in [0.2, 0.25) is 0 Å². The second-order valence-electron chi connectivity index (χ2n) is 4.44. The summed E-state index contributed by atoms with van der Waals surface area (Å²) in [5.41, 5.74) is 1.15. The topological polar surface area (TPSA) is 46.6 Å². The van der Waals surface area contributed by atoms with Crippen LogP contribution in [0, 0.1) is 0 Å². The minimum absolute atomic E-state index is 0.195. The molecule has 0 saturated heterocycles. The second-order valence-corrected chi connectivity index (χ2v) is 6.70. The van der Waals surface area contributed by atoms with Crippen LogP contribution >= 0.6 is 0 Å². The van der Waals surface area contributed by atoms with Crippen molar-refractivity contribution < 1.29 is 13.2 Å². The summed E-state index contributed by atoms with van der Waals surface area (Å²) in [5, 5.41) is 0. The van der Waals surface area contributed by atoms with Crippen molar-refractivity contribution >= 4 is 9.84 Å². The lowest BCUT2D eigenvalue weighted by atomic mass is 10.2. The third-order valence-corrected chi connectivity index (χ3v) is 3.45. The van der Waals surface area contributed by atoms with E-state index in [-0.39, 0.29) is 5.75 Å². The Balaban J connectivity index is 2.46. The summed E-state index contributed by atoms with van der Waals surface area (Å²) in [7, 11) is -0.969. The number of benzene rings is 1. The SMILES string of the molecule is CCOc1ccc(CN(C)CCS(C)(=O)=O)cc1. The summed E-state index contributed by atoms with van der Waals surface area (Å²) in [6.07, 6.45) is 1.26. The summed E-state index contributed by atoms with van der Waals surface area (Å²) >= 11 is 0. The zero-order chi connectivity index (χ0) is 13.6. The van der Waals surface area contributed by atoms with E-state index < -0.39 is 9.84 Å². The summed E-state index contributed by atoms with van der Waals surface area (Å²) in [6.45, 7) is 3.90. The molecular formula is C13H21NO3S. The Morgan fingerprint density at radius 1 is 1.22 bits per heavy atom. The number of rotatable bonds is 7. The van der Waals surface area contributed by atoms with E-state index >= 15 is 0 Å². The van der Waals surface area contributed by atoms with Crippen molar-refractivity contribution in [3.63, 3.8) is 0 Å². The molecule has 0 N–H and O–H groups in total. The molecule has 0 spiro atoms. The monoisotopic (exact) mass is 271 g/mol. The molecule has 1 aromatic carbocycles. The molecule has 0 heterocycles. The van der Waals surface area contributed by atoms with Crippen molar-refractivity contribution in [1.82, 2.24) is 4.90 Å². The molecule has 1 rings (SSSR count). The van der Waals surface area contributed by atoms with Gasteiger partial charge in [-0.1, -0.05) is 12.1 Å². The highest BCUT2D eigenvalue weighted by molar-refractivity contribution is 7.90. The molecule has 0 atom stereocenters. The minimum atomic E-state index is -2.89. The van der Waals surface area contributed by atoms with Crippen LogP contribution in [0.15, 0.2) is 24.3 Å². The van der Waals surface area contributed by atoms with Gasteiger partial charge >= 0.3 is 0 Å². The summed E-state index contributed by atoms with van der Waals surface area (Å²) in [5.74, 6) is 1.06. The first-order valence-electron chi connectivity index (χ1n) is 5.98. The van der Waals surface area contributed by atoms with Gasteiger partial charge in [-0.3, -0.25) is 0 Å². The third kappa shape index (κ3) is 6.02. The molecule has 1 aromatic rings. The lowest BCUT2D eigenvalue weighted by molar-refractivity contribution is 0.337. The molecule has 0 aliphatic rings. The highest BCUT2D eigenvalue weighted by atomic mass is 32.2. The van der Waals surface area contributed by atoms with Crippen LogP contribution in [0.4, 0.5) is 0 Å². The van der Waals surface area contributed by atoms with E-state index in [1.54, 1.807) is 0 Å². The highest BCUT2D eigenvalue weighted by Gasteiger charge is 2.06. The smallest absolute Gasteiger partial charge is 0.148 e. The van der Waals surface area contributed by atoms with Crippen LogP contribution in [-0.2, 0) is 16.4 Å². The van der Waals surface area contributed by atoms with Gasteiger partial charge < -0.3 is 9.64 Å². The van der Waals surface area contributed by atoms with Gasteiger partial charge in [0.15, 0.2) is 0 Å². The Morgan fingerprint density at radius 3 is 2.33 bits per heavy atom. The first-order valence-corrected chi connectivity index (χ1v) is 8.05. The molecule has 18 heavy (non-hydrogen) atoms. The van der Waals surface area contributed by atoms with Gasteiger partial charge in [0.25, 0.3) is 0 Å². The van der Waals surface area contributed by atoms with Crippen molar-refractivity contribution in [3.05, 3.63) is 29.8 Å². The Bertz CT molecular complexity index is 454. The minimum Gasteiger partial charge on any atom is -0.494 e. The second kappa shape index (κ2) is 6.75. The molecule has 0 amide bonds. The molecule has 4 nitrogen and oxygen atoms in total. The Labute approximate surface area is 109 Å². The molecule has 0 unspecified atom stereocenters. The average molecular weight is 271 g/mol. The number of sulfone groups is 1. The summed E-state index contributed by atoms with van der Waals surface area (Å²) < 4.78 is 27.5. The van der Waals surface area contributed by atoms with E-state index in [2.05, 4.69) is 0 Å². The maximum Gasteiger partial charge on any atom is 0.148 e. The molecule has 0 bridgehead atoms. The fraction of sp³-hybridized carbons (Fsp3) is 0.538. The molecule has 102 valence electrons. The van der Waals surface area contributed by atoms with Crippen LogP contribution in [0.2, 0.25) is 0 Å². The van der Waals surface area contributed by atoms with Gasteiger partial charge in [-0.05, 0) is 31.7 Å². The maximum atomic E-state index is 11.1. The molecule has 0 fully saturated rings. The van der Waals surface area contributed by atoms with Crippen molar-refractivity contribution in [2.45, 2.75) is 13.5 Å². The van der Waals surface area contributed by atoms with E-state index in [1.165, 1.54) is 6.26 Å². The van der Waals surface area contributed by atoms with Gasteiger partial charge in [-0.25, -0.2) is 8.42 Å². The van der Waals surface area contributed by atoms with Gasteiger partial charge in [0, 0.05) is 19.3 Å². The molecule has 0 saturated carbocycles. The predicted octanol–water partition coefficient (Wildman–Crippen LogP) is 1.56. The zero-order valence-corrected chi connectivity index (χ0v) is 12.0. The zero-order valence-electron chi connectivity index (χ0n) is 11.2. The molecule has 0 aliphatic heterocycles. The fourth-order valence-corrected chi connectivity index (χ4v) is 2.21. The van der Waals surface area contributed by atoms with Crippen molar-refractivity contribution in [2.75, 3.05) is 32.2 Å². The lowest BCUT2D eigenvalue weighted by Gasteiger charge is -2.16. The largest absolute Gasteiger partial charge is 0.494 e. The van der Waals surface area contributed by atoms with E-state index in [0.717, 1.165) is 17.9 Å². The van der Waals surface area contributed by atoms with Crippen LogP contribution in [0.1, 0.15) is 12.5 Å². The van der Waals surface area contributed by atoms with Crippen molar-refractivity contribution in [1.29, 1.82) is 0 Å². The predicted molar refractivity (Wildman–Crippen MR) is 73.7 cm³/mol. The van der Waals surface area contributed by atoms with Gasteiger partial charge in [0.05, 0.1) is 12.4 Å². The Morgan fingerprint density at radius 2 is 1.83 bits per heavy atom. The molecule has 5 heteroatoms. The summed E-state index contributed by atoms with van der Waals surface area (Å²) in [6, 6.07) is 7.87. The molecule has 0 aliphatic carbocycles. The normalized spacial score (nSPS) is 11.8. The Kier molecular flexibility index (Phi) is 5.62. The van der Waals surface area contributed by atoms with Crippen LogP contribution in [-0.4, -0.2) is 45.5 Å². The van der Waals surface area contributed by atoms with Crippen molar-refractivity contribution in [3.8, 4) is 5.75 Å². The number of hydrogen-bond acceptors (Lipinski definition) is 4. The first kappa shape index (κ1) is 15.0. The van der Waals surface area contributed by atoms with Crippen LogP contribution in [0.25, 0.3) is 0 Å². The van der Waals surface area contributed by atoms with Gasteiger partial charge in [0.1, 0.15) is 15.6 Å². The quantitative estimate of drug-likeness (QED) is 0.755. The van der Waals surface area contributed by atoms with E-state index in [1.807, 2.05) is 43.1 Å². The summed E-state index contributed by atoms with van der Waals surface area (Å²) in [4.78, 5) is 2.00. The van der Waals surface area contributed by atoms with Crippen molar-refractivity contribution in [2.24, 2.45) is 0 Å². The molecule has 0 aromatic heterocycles. The van der Waals surface area contributed by atoms with E-state index in [9.17, 15) is 8.42 Å². The first-order chi connectivity index (χ1) is 8.40. The number of nitrogens with zero attached hydrogens (tertiary/aromatic N) is 1. The van der Waals surface area contributed by atoms with E-state index in [4.69, 9.17) is 4.74 Å². The molecule has 0 radical (unpaired) electrons. The highest BCUT2D eigenvalue weighted by Crippen LogP contribution is 2.13. The standard InChI is InChI=1S/C13H21NO3S/c1-4-17-13-7-5-12(6-8-13)11-14(2)9-10-18(3,15)16/h5-8H,4,9-11H2,1-3H3. The van der Waals surface area contributed by atoms with Crippen LogP contribution in [0.5, 0.6) is 5.75 Å². The van der Waals surface area contributed by atoms with Crippen LogP contribution in [0.3, 0.4) is 0 Å². The lowest BCUT2D eigenvalue weighted by Crippen LogP contribution is -2.24. The average Bonchev–Trinajstić information content (AvgIpc) is 2.29. The maximum absolute atomic E-state index is 11.1. The van der Waals surface area contributed by atoms with Gasteiger partial charge in [-0.2, -0.15) is 0 Å². The fourth-order valence-electron chi connectivity index (χ4n) is 1.57. The van der Waals surface area contributed by atoms with Crippen LogP contribution < -0.4 is 4.74 Å². The van der Waals surface area contributed by atoms with Gasteiger partial charge in [-0.15, -0.1) is 0 Å². The Hall–Kier alpha value is -1.07.